The molecule has 3 rings (SSSR count). The maximum absolute atomic E-state index is 12.1. The summed E-state index contributed by atoms with van der Waals surface area (Å²) in [5, 5.41) is 8.37. The maximum atomic E-state index is 12.1. The van der Waals surface area contributed by atoms with Crippen molar-refractivity contribution in [3.8, 4) is 17.2 Å². The van der Waals surface area contributed by atoms with Gasteiger partial charge < -0.3 is 13.6 Å². The Morgan fingerprint density at radius 1 is 1.17 bits per heavy atom. The number of alkyl halides is 2. The summed E-state index contributed by atoms with van der Waals surface area (Å²) in [5.74, 6) is 1.81. The van der Waals surface area contributed by atoms with Crippen molar-refractivity contribution in [1.29, 1.82) is 0 Å². The summed E-state index contributed by atoms with van der Waals surface area (Å²) in [6.45, 7) is -1.01. The summed E-state index contributed by atoms with van der Waals surface area (Å²) >= 11 is 1.36. The first kappa shape index (κ1) is 15.5. The topological polar surface area (TPSA) is 61.3 Å². The van der Waals surface area contributed by atoms with E-state index in [2.05, 4.69) is 14.9 Å². The summed E-state index contributed by atoms with van der Waals surface area (Å²) in [6, 6.07) is 8.18. The number of halogens is 2. The van der Waals surface area contributed by atoms with E-state index < -0.39 is 6.61 Å². The molecule has 2 heterocycles. The van der Waals surface area contributed by atoms with E-state index in [9.17, 15) is 8.78 Å². The van der Waals surface area contributed by atoms with Gasteiger partial charge in [0, 0.05) is 5.75 Å². The molecule has 0 unspecified atom stereocenters. The molecule has 3 aromatic rings. The van der Waals surface area contributed by atoms with E-state index in [-0.39, 0.29) is 5.75 Å². The highest BCUT2D eigenvalue weighted by molar-refractivity contribution is 7.98. The summed E-state index contributed by atoms with van der Waals surface area (Å²) in [7, 11) is 0. The molecule has 0 aliphatic carbocycles. The minimum Gasteiger partial charge on any atom is -0.469 e. The number of thioether (sulfide) groups is 1. The molecule has 0 spiro atoms. The number of hydrogen-bond acceptors (Lipinski definition) is 6. The Morgan fingerprint density at radius 3 is 2.61 bits per heavy atom. The standard InChI is InChI=1S/C15H12F2N2O3S/c1-9-12(6-7-20-9)13-18-19-15(22-13)23-8-10-2-4-11(5-3-10)21-14(16)17/h2-7,14H,8H2,1H3. The van der Waals surface area contributed by atoms with Gasteiger partial charge in [-0.25, -0.2) is 0 Å². The number of benzene rings is 1. The zero-order valence-corrected chi connectivity index (χ0v) is 12.8. The summed E-state index contributed by atoms with van der Waals surface area (Å²) in [5.41, 5.74) is 1.69. The molecular formula is C15H12F2N2O3S. The molecule has 2 aromatic heterocycles. The lowest BCUT2D eigenvalue weighted by Crippen LogP contribution is -2.01. The van der Waals surface area contributed by atoms with Gasteiger partial charge >= 0.3 is 6.61 Å². The molecule has 23 heavy (non-hydrogen) atoms. The second kappa shape index (κ2) is 6.82. The molecule has 0 fully saturated rings. The van der Waals surface area contributed by atoms with E-state index >= 15 is 0 Å². The Labute approximate surface area is 134 Å². The fraction of sp³-hybridized carbons (Fsp3) is 0.200. The number of furan rings is 1. The van der Waals surface area contributed by atoms with Gasteiger partial charge in [0.15, 0.2) is 0 Å². The monoisotopic (exact) mass is 338 g/mol. The van der Waals surface area contributed by atoms with Crippen molar-refractivity contribution in [3.63, 3.8) is 0 Å². The molecule has 8 heteroatoms. The van der Waals surface area contributed by atoms with Gasteiger partial charge in [-0.1, -0.05) is 23.9 Å². The number of aryl methyl sites for hydroxylation is 1. The predicted molar refractivity (Wildman–Crippen MR) is 79.4 cm³/mol. The smallest absolute Gasteiger partial charge is 0.387 e. The molecule has 0 saturated carbocycles. The fourth-order valence-electron chi connectivity index (χ4n) is 1.90. The van der Waals surface area contributed by atoms with Crippen molar-refractivity contribution < 1.29 is 22.4 Å². The zero-order valence-electron chi connectivity index (χ0n) is 12.0. The van der Waals surface area contributed by atoms with Gasteiger partial charge in [0.25, 0.3) is 11.1 Å². The van der Waals surface area contributed by atoms with Gasteiger partial charge in [-0.05, 0) is 30.7 Å². The third-order valence-electron chi connectivity index (χ3n) is 3.01. The lowest BCUT2D eigenvalue weighted by molar-refractivity contribution is -0.0498. The van der Waals surface area contributed by atoms with Crippen LogP contribution < -0.4 is 4.74 Å². The molecule has 5 nitrogen and oxygen atoms in total. The zero-order chi connectivity index (χ0) is 16.2. The molecular weight excluding hydrogens is 326 g/mol. The maximum Gasteiger partial charge on any atom is 0.387 e. The van der Waals surface area contributed by atoms with Crippen molar-refractivity contribution in [1.82, 2.24) is 10.2 Å². The first-order chi connectivity index (χ1) is 11.1. The van der Waals surface area contributed by atoms with Crippen LogP contribution in [0.1, 0.15) is 11.3 Å². The lowest BCUT2D eigenvalue weighted by Gasteiger charge is -2.04. The fourth-order valence-corrected chi connectivity index (χ4v) is 2.61. The van der Waals surface area contributed by atoms with Crippen molar-refractivity contribution >= 4 is 11.8 Å². The van der Waals surface area contributed by atoms with Gasteiger partial charge in [-0.2, -0.15) is 8.78 Å². The van der Waals surface area contributed by atoms with E-state index in [0.29, 0.717) is 22.6 Å². The van der Waals surface area contributed by atoms with Gasteiger partial charge in [0.05, 0.1) is 11.8 Å². The average Bonchev–Trinajstić information content (AvgIpc) is 3.14. The number of rotatable bonds is 6. The summed E-state index contributed by atoms with van der Waals surface area (Å²) in [4.78, 5) is 0. The van der Waals surface area contributed by atoms with Crippen LogP contribution in [0.15, 0.2) is 50.7 Å². The average molecular weight is 338 g/mol. The minimum absolute atomic E-state index is 0.129. The summed E-state index contributed by atoms with van der Waals surface area (Å²) < 4.78 is 39.2. The number of ether oxygens (including phenoxy) is 1. The Balaban J connectivity index is 1.60. The number of nitrogens with zero attached hydrogens (tertiary/aromatic N) is 2. The highest BCUT2D eigenvalue weighted by Crippen LogP contribution is 2.28. The second-order valence-corrected chi connectivity index (χ2v) is 5.50. The first-order valence-electron chi connectivity index (χ1n) is 6.66. The van der Waals surface area contributed by atoms with E-state index in [4.69, 9.17) is 8.83 Å². The van der Waals surface area contributed by atoms with Crippen molar-refractivity contribution in [2.45, 2.75) is 24.5 Å². The molecule has 0 N–H and O–H groups in total. The van der Waals surface area contributed by atoms with E-state index in [1.54, 1.807) is 24.5 Å². The largest absolute Gasteiger partial charge is 0.469 e. The third-order valence-corrected chi connectivity index (χ3v) is 3.90. The van der Waals surface area contributed by atoms with Crippen LogP contribution in [0.2, 0.25) is 0 Å². The van der Waals surface area contributed by atoms with E-state index in [1.165, 1.54) is 23.9 Å². The molecule has 0 bridgehead atoms. The quantitative estimate of drug-likeness (QED) is 0.615. The van der Waals surface area contributed by atoms with Crippen molar-refractivity contribution in [3.05, 3.63) is 47.9 Å². The van der Waals surface area contributed by atoms with E-state index in [0.717, 1.165) is 11.1 Å². The van der Waals surface area contributed by atoms with Gasteiger partial charge in [0.2, 0.25) is 0 Å². The molecule has 120 valence electrons. The van der Waals surface area contributed by atoms with Crippen LogP contribution in [0.4, 0.5) is 8.78 Å². The molecule has 0 atom stereocenters. The minimum atomic E-state index is -2.82. The van der Waals surface area contributed by atoms with Crippen LogP contribution in [0.25, 0.3) is 11.5 Å². The summed E-state index contributed by atoms with van der Waals surface area (Å²) in [6.07, 6.45) is 1.56. The van der Waals surface area contributed by atoms with Crippen LogP contribution >= 0.6 is 11.8 Å². The predicted octanol–water partition coefficient (Wildman–Crippen LogP) is 4.53. The normalized spacial score (nSPS) is 11.1. The van der Waals surface area contributed by atoms with Gasteiger partial charge in [-0.15, -0.1) is 10.2 Å². The van der Waals surface area contributed by atoms with Crippen LogP contribution in [0.3, 0.4) is 0 Å². The first-order valence-corrected chi connectivity index (χ1v) is 7.65. The van der Waals surface area contributed by atoms with E-state index in [1.807, 2.05) is 6.92 Å². The molecule has 1 aromatic carbocycles. The molecule has 0 amide bonds. The van der Waals surface area contributed by atoms with Crippen LogP contribution in [-0.4, -0.2) is 16.8 Å². The molecule has 0 aliphatic heterocycles. The van der Waals surface area contributed by atoms with Crippen LogP contribution in [-0.2, 0) is 5.75 Å². The van der Waals surface area contributed by atoms with Crippen LogP contribution in [0, 0.1) is 6.92 Å². The number of hydrogen-bond donors (Lipinski definition) is 0. The Kier molecular flexibility index (Phi) is 4.61. The van der Waals surface area contributed by atoms with Crippen LogP contribution in [0.5, 0.6) is 5.75 Å². The third kappa shape index (κ3) is 3.89. The van der Waals surface area contributed by atoms with Crippen molar-refractivity contribution in [2.75, 3.05) is 0 Å². The second-order valence-electron chi connectivity index (χ2n) is 4.57. The number of aromatic nitrogens is 2. The lowest BCUT2D eigenvalue weighted by atomic mass is 10.2. The Bertz CT molecular complexity index is 771. The Morgan fingerprint density at radius 2 is 1.96 bits per heavy atom. The highest BCUT2D eigenvalue weighted by Gasteiger charge is 2.13. The Hall–Kier alpha value is -2.35. The highest BCUT2D eigenvalue weighted by atomic mass is 32.2. The SMILES string of the molecule is Cc1occc1-c1nnc(SCc2ccc(OC(F)F)cc2)o1. The molecule has 0 radical (unpaired) electrons. The van der Waals surface area contributed by atoms with Gasteiger partial charge in [0.1, 0.15) is 11.5 Å². The molecule has 0 aliphatic rings. The molecule has 0 saturated heterocycles. The van der Waals surface area contributed by atoms with Crippen molar-refractivity contribution in [2.24, 2.45) is 0 Å². The van der Waals surface area contributed by atoms with Gasteiger partial charge in [-0.3, -0.25) is 0 Å².